The van der Waals surface area contributed by atoms with Crippen molar-refractivity contribution in [1.29, 1.82) is 0 Å². The third kappa shape index (κ3) is 2.84. The van der Waals surface area contributed by atoms with E-state index in [2.05, 4.69) is 23.2 Å². The molecule has 0 spiro atoms. The lowest BCUT2D eigenvalue weighted by Gasteiger charge is -2.18. The minimum absolute atomic E-state index is 0.128. The predicted molar refractivity (Wildman–Crippen MR) is 103 cm³/mol. The number of fused-ring (bicyclic) bond motifs is 1. The number of rotatable bonds is 3. The first-order valence-electron chi connectivity index (χ1n) is 8.86. The largest absolute Gasteiger partial charge is 0.326 e. The molecule has 3 aromatic rings. The number of hydrogen-bond donors (Lipinski definition) is 1. The zero-order valence-electron chi connectivity index (χ0n) is 14.6. The topological polar surface area (TPSA) is 53.2 Å². The summed E-state index contributed by atoms with van der Waals surface area (Å²) in [5, 5.41) is 0. The molecule has 0 saturated heterocycles. The van der Waals surface area contributed by atoms with E-state index in [9.17, 15) is 9.59 Å². The van der Waals surface area contributed by atoms with E-state index in [4.69, 9.17) is 0 Å². The Morgan fingerprint density at radius 1 is 1.08 bits per heavy atom. The van der Waals surface area contributed by atoms with Gasteiger partial charge in [-0.2, -0.15) is 0 Å². The molecule has 1 amide bonds. The maximum atomic E-state index is 13.2. The van der Waals surface area contributed by atoms with E-state index in [1.807, 2.05) is 43.3 Å². The highest BCUT2D eigenvalue weighted by atomic mass is 16.2. The summed E-state index contributed by atoms with van der Waals surface area (Å²) in [6.45, 7) is 2.53. The molecule has 2 aromatic carbocycles. The molecular formula is C22H20N2O2. The third-order valence-corrected chi connectivity index (χ3v) is 4.94. The van der Waals surface area contributed by atoms with E-state index < -0.39 is 0 Å². The zero-order chi connectivity index (χ0) is 18.1. The van der Waals surface area contributed by atoms with Crippen molar-refractivity contribution in [3.63, 3.8) is 0 Å². The Balaban J connectivity index is 1.75. The summed E-state index contributed by atoms with van der Waals surface area (Å²) in [5.41, 5.74) is 4.23. The molecule has 26 heavy (non-hydrogen) atoms. The van der Waals surface area contributed by atoms with Gasteiger partial charge in [-0.15, -0.1) is 0 Å². The Bertz CT molecular complexity index is 1010. The highest BCUT2D eigenvalue weighted by Crippen LogP contribution is 2.40. The molecule has 1 aliphatic heterocycles. The van der Waals surface area contributed by atoms with Crippen LogP contribution < -0.4 is 10.5 Å². The molecule has 1 aromatic heterocycles. The van der Waals surface area contributed by atoms with Crippen LogP contribution in [0.15, 0.2) is 71.5 Å². The van der Waals surface area contributed by atoms with Crippen molar-refractivity contribution in [2.75, 3.05) is 11.4 Å². The summed E-state index contributed by atoms with van der Waals surface area (Å²) >= 11 is 0. The Morgan fingerprint density at radius 2 is 1.81 bits per heavy atom. The SMILES string of the molecule is CCc1cc(C(=O)N2C[C@@H](c3ccccc3)c3ccccc32)cc(=O)[nH]1. The number of anilines is 1. The van der Waals surface area contributed by atoms with Crippen LogP contribution in [0, 0.1) is 0 Å². The summed E-state index contributed by atoms with van der Waals surface area (Å²) in [6.07, 6.45) is 0.680. The number of aromatic amines is 1. The Morgan fingerprint density at radius 3 is 2.58 bits per heavy atom. The number of pyridine rings is 1. The van der Waals surface area contributed by atoms with Crippen molar-refractivity contribution in [1.82, 2.24) is 4.98 Å². The molecule has 2 heterocycles. The van der Waals surface area contributed by atoms with Gasteiger partial charge in [0.1, 0.15) is 0 Å². The lowest BCUT2D eigenvalue weighted by molar-refractivity contribution is 0.0988. The number of benzene rings is 2. The highest BCUT2D eigenvalue weighted by molar-refractivity contribution is 6.07. The molecule has 0 fully saturated rings. The second kappa shape index (κ2) is 6.64. The lowest BCUT2D eigenvalue weighted by atomic mass is 9.93. The average molecular weight is 344 g/mol. The van der Waals surface area contributed by atoms with Crippen LogP contribution in [0.5, 0.6) is 0 Å². The summed E-state index contributed by atoms with van der Waals surface area (Å²) in [5.74, 6) is 0.0145. The number of carbonyl (C=O) groups is 1. The van der Waals surface area contributed by atoms with E-state index in [1.165, 1.54) is 11.6 Å². The van der Waals surface area contributed by atoms with Crippen molar-refractivity contribution in [2.24, 2.45) is 0 Å². The van der Waals surface area contributed by atoms with E-state index >= 15 is 0 Å². The van der Waals surface area contributed by atoms with Crippen LogP contribution in [0.25, 0.3) is 0 Å². The first-order valence-corrected chi connectivity index (χ1v) is 8.86. The molecule has 0 bridgehead atoms. The van der Waals surface area contributed by atoms with Crippen LogP contribution in [0.2, 0.25) is 0 Å². The van der Waals surface area contributed by atoms with Crippen LogP contribution in [0.1, 0.15) is 40.0 Å². The van der Waals surface area contributed by atoms with Gasteiger partial charge in [-0.25, -0.2) is 0 Å². The van der Waals surface area contributed by atoms with Gasteiger partial charge in [0.05, 0.1) is 0 Å². The van der Waals surface area contributed by atoms with Crippen molar-refractivity contribution in [3.8, 4) is 0 Å². The van der Waals surface area contributed by atoms with Crippen LogP contribution in [-0.4, -0.2) is 17.4 Å². The van der Waals surface area contributed by atoms with Crippen molar-refractivity contribution >= 4 is 11.6 Å². The number of nitrogens with one attached hydrogen (secondary N) is 1. The first-order chi connectivity index (χ1) is 12.7. The summed E-state index contributed by atoms with van der Waals surface area (Å²) in [6, 6.07) is 21.4. The minimum Gasteiger partial charge on any atom is -0.326 e. The molecule has 4 rings (SSSR count). The molecular weight excluding hydrogens is 324 g/mol. The lowest BCUT2D eigenvalue weighted by Crippen LogP contribution is -2.31. The first kappa shape index (κ1) is 16.3. The van der Waals surface area contributed by atoms with Gasteiger partial charge in [0.2, 0.25) is 5.56 Å². The number of H-pyrrole nitrogens is 1. The van der Waals surface area contributed by atoms with Gasteiger partial charge < -0.3 is 9.88 Å². The van der Waals surface area contributed by atoms with Crippen LogP contribution in [-0.2, 0) is 6.42 Å². The van der Waals surface area contributed by atoms with Crippen molar-refractivity contribution < 1.29 is 4.79 Å². The van der Waals surface area contributed by atoms with Gasteiger partial charge >= 0.3 is 0 Å². The standard InChI is InChI=1S/C22H20N2O2/c1-2-17-12-16(13-21(25)23-17)22(26)24-14-19(15-8-4-3-5-9-15)18-10-6-7-11-20(18)24/h3-13,19H,2,14H2,1H3,(H,23,25)/t19-/m0/s1. The van der Waals surface area contributed by atoms with Crippen molar-refractivity contribution in [3.05, 3.63) is 99.5 Å². The molecule has 0 saturated carbocycles. The van der Waals surface area contributed by atoms with E-state index in [0.717, 1.165) is 16.9 Å². The number of aryl methyl sites for hydroxylation is 1. The van der Waals surface area contributed by atoms with Crippen LogP contribution in [0.3, 0.4) is 0 Å². The Kier molecular flexibility index (Phi) is 4.17. The van der Waals surface area contributed by atoms with Gasteiger partial charge in [-0.1, -0.05) is 55.5 Å². The maximum Gasteiger partial charge on any atom is 0.258 e. The fourth-order valence-electron chi connectivity index (χ4n) is 3.64. The van der Waals surface area contributed by atoms with Crippen LogP contribution >= 0.6 is 0 Å². The zero-order valence-corrected chi connectivity index (χ0v) is 14.6. The van der Waals surface area contributed by atoms with Gasteiger partial charge in [0, 0.05) is 35.5 Å². The van der Waals surface area contributed by atoms with E-state index in [0.29, 0.717) is 18.5 Å². The average Bonchev–Trinajstić information content (AvgIpc) is 3.07. The molecule has 0 aliphatic carbocycles. The van der Waals surface area contributed by atoms with E-state index in [1.54, 1.807) is 11.0 Å². The van der Waals surface area contributed by atoms with Gasteiger partial charge in [0.15, 0.2) is 0 Å². The molecule has 130 valence electrons. The second-order valence-electron chi connectivity index (χ2n) is 6.55. The number of carbonyl (C=O) groups excluding carboxylic acids is 1. The minimum atomic E-state index is -0.236. The molecule has 4 heteroatoms. The van der Waals surface area contributed by atoms with Crippen LogP contribution in [0.4, 0.5) is 5.69 Å². The Hall–Kier alpha value is -3.14. The Labute approximate surface area is 152 Å². The number of amides is 1. The fraction of sp³-hybridized carbons (Fsp3) is 0.182. The van der Waals surface area contributed by atoms with Gasteiger partial charge in [-0.3, -0.25) is 9.59 Å². The monoisotopic (exact) mass is 344 g/mol. The summed E-state index contributed by atoms with van der Waals surface area (Å²) < 4.78 is 0. The van der Waals surface area contributed by atoms with Gasteiger partial charge in [-0.05, 0) is 29.7 Å². The third-order valence-electron chi connectivity index (χ3n) is 4.94. The molecule has 0 unspecified atom stereocenters. The number of nitrogens with zero attached hydrogens (tertiary/aromatic N) is 1. The smallest absolute Gasteiger partial charge is 0.258 e. The summed E-state index contributed by atoms with van der Waals surface area (Å²) in [7, 11) is 0. The highest BCUT2D eigenvalue weighted by Gasteiger charge is 2.33. The quantitative estimate of drug-likeness (QED) is 0.787. The normalized spacial score (nSPS) is 15.7. The molecule has 1 atom stereocenters. The predicted octanol–water partition coefficient (Wildman–Crippen LogP) is 3.73. The molecule has 0 radical (unpaired) electrons. The maximum absolute atomic E-state index is 13.2. The molecule has 1 aliphatic rings. The van der Waals surface area contributed by atoms with Crippen molar-refractivity contribution in [2.45, 2.75) is 19.3 Å². The second-order valence-corrected chi connectivity index (χ2v) is 6.55. The number of hydrogen-bond acceptors (Lipinski definition) is 2. The van der Waals surface area contributed by atoms with Gasteiger partial charge in [0.25, 0.3) is 5.91 Å². The summed E-state index contributed by atoms with van der Waals surface area (Å²) in [4.78, 5) is 29.6. The molecule has 1 N–H and O–H groups in total. The number of aromatic nitrogens is 1. The fourth-order valence-corrected chi connectivity index (χ4v) is 3.64. The van der Waals surface area contributed by atoms with E-state index in [-0.39, 0.29) is 17.4 Å². The molecule has 4 nitrogen and oxygen atoms in total. The number of para-hydroxylation sites is 1.